The van der Waals surface area contributed by atoms with Crippen LogP contribution >= 0.6 is 0 Å². The van der Waals surface area contributed by atoms with Crippen molar-refractivity contribution in [3.63, 3.8) is 0 Å². The molecule has 17 heavy (non-hydrogen) atoms. The first-order valence-electron chi connectivity index (χ1n) is 5.94. The van der Waals surface area contributed by atoms with Crippen LogP contribution in [0.4, 0.5) is 5.69 Å². The van der Waals surface area contributed by atoms with Gasteiger partial charge < -0.3 is 15.0 Å². The van der Waals surface area contributed by atoms with Gasteiger partial charge in [0.2, 0.25) is 0 Å². The van der Waals surface area contributed by atoms with Crippen LogP contribution in [0, 0.1) is 0 Å². The Morgan fingerprint density at radius 1 is 1.47 bits per heavy atom. The van der Waals surface area contributed by atoms with Gasteiger partial charge in [0, 0.05) is 43.6 Å². The summed E-state index contributed by atoms with van der Waals surface area (Å²) >= 11 is 0. The molecule has 1 atom stereocenters. The third kappa shape index (κ3) is 3.08. The van der Waals surface area contributed by atoms with Crippen molar-refractivity contribution < 1.29 is 4.74 Å². The number of ether oxygens (including phenoxy) is 1. The van der Waals surface area contributed by atoms with Crippen molar-refractivity contribution in [2.45, 2.75) is 19.5 Å². The molecule has 0 saturated carbocycles. The van der Waals surface area contributed by atoms with Crippen molar-refractivity contribution in [1.82, 2.24) is 9.47 Å². The van der Waals surface area contributed by atoms with Gasteiger partial charge in [0.1, 0.15) is 0 Å². The van der Waals surface area contributed by atoms with E-state index in [1.807, 2.05) is 0 Å². The molecule has 5 heteroatoms. The van der Waals surface area contributed by atoms with Crippen molar-refractivity contribution in [1.29, 1.82) is 0 Å². The van der Waals surface area contributed by atoms with Gasteiger partial charge in [0.25, 0.3) is 5.56 Å². The van der Waals surface area contributed by atoms with E-state index in [0.717, 1.165) is 26.3 Å². The van der Waals surface area contributed by atoms with E-state index in [-0.39, 0.29) is 5.56 Å². The third-order valence-electron chi connectivity index (χ3n) is 3.14. The number of nitrogens with two attached hydrogens (primary N) is 1. The molecule has 1 saturated heterocycles. The monoisotopic (exact) mass is 237 g/mol. The van der Waals surface area contributed by atoms with Gasteiger partial charge in [0.15, 0.2) is 0 Å². The third-order valence-corrected chi connectivity index (χ3v) is 3.14. The molecule has 2 rings (SSSR count). The topological polar surface area (TPSA) is 60.5 Å². The minimum Gasteiger partial charge on any atom is -0.398 e. The predicted octanol–water partition coefficient (Wildman–Crippen LogP) is 0.151. The van der Waals surface area contributed by atoms with Gasteiger partial charge >= 0.3 is 0 Å². The molecule has 0 aromatic carbocycles. The number of aromatic nitrogens is 1. The molecule has 1 aliphatic heterocycles. The fourth-order valence-corrected chi connectivity index (χ4v) is 2.05. The van der Waals surface area contributed by atoms with Crippen LogP contribution in [0.5, 0.6) is 0 Å². The van der Waals surface area contributed by atoms with E-state index in [1.165, 1.54) is 6.07 Å². The highest BCUT2D eigenvalue weighted by Crippen LogP contribution is 2.06. The smallest absolute Gasteiger partial charge is 0.250 e. The largest absolute Gasteiger partial charge is 0.398 e. The molecule has 1 aromatic heterocycles. The van der Waals surface area contributed by atoms with E-state index in [9.17, 15) is 4.79 Å². The molecule has 5 nitrogen and oxygen atoms in total. The number of rotatable bonds is 3. The van der Waals surface area contributed by atoms with E-state index >= 15 is 0 Å². The van der Waals surface area contributed by atoms with Gasteiger partial charge in [0.05, 0.1) is 13.2 Å². The Hall–Kier alpha value is -1.33. The highest BCUT2D eigenvalue weighted by atomic mass is 16.5. The molecule has 94 valence electrons. The fraction of sp³-hybridized carbons (Fsp3) is 0.583. The number of nitrogens with zero attached hydrogens (tertiary/aromatic N) is 2. The molecule has 0 radical (unpaired) electrons. The van der Waals surface area contributed by atoms with Crippen LogP contribution in [0.15, 0.2) is 23.1 Å². The minimum atomic E-state index is 0.000104. The van der Waals surface area contributed by atoms with Crippen LogP contribution in [0.1, 0.15) is 6.92 Å². The van der Waals surface area contributed by atoms with Crippen LogP contribution in [0.3, 0.4) is 0 Å². The van der Waals surface area contributed by atoms with Gasteiger partial charge in [-0.3, -0.25) is 9.69 Å². The lowest BCUT2D eigenvalue weighted by molar-refractivity contribution is -0.00174. The molecule has 1 fully saturated rings. The molecule has 0 spiro atoms. The van der Waals surface area contributed by atoms with Crippen LogP contribution in [-0.2, 0) is 11.3 Å². The summed E-state index contributed by atoms with van der Waals surface area (Å²) in [6.07, 6.45) is 1.70. The van der Waals surface area contributed by atoms with Gasteiger partial charge in [-0.1, -0.05) is 0 Å². The van der Waals surface area contributed by atoms with Crippen molar-refractivity contribution in [3.8, 4) is 0 Å². The minimum absolute atomic E-state index is 0.000104. The number of anilines is 1. The Balaban J connectivity index is 1.97. The SMILES string of the molecule is CC1COCCN1CCn1cc(N)ccc1=O. The Morgan fingerprint density at radius 2 is 2.29 bits per heavy atom. The highest BCUT2D eigenvalue weighted by Gasteiger charge is 2.18. The summed E-state index contributed by atoms with van der Waals surface area (Å²) in [5.41, 5.74) is 6.29. The average Bonchev–Trinajstić information content (AvgIpc) is 2.32. The molecule has 1 aliphatic rings. The predicted molar refractivity (Wildman–Crippen MR) is 67.0 cm³/mol. The Labute approximate surface area is 101 Å². The fourth-order valence-electron chi connectivity index (χ4n) is 2.05. The second kappa shape index (κ2) is 5.33. The lowest BCUT2D eigenvalue weighted by atomic mass is 10.2. The van der Waals surface area contributed by atoms with E-state index in [1.54, 1.807) is 16.8 Å². The number of hydrogen-bond donors (Lipinski definition) is 1. The summed E-state index contributed by atoms with van der Waals surface area (Å²) in [7, 11) is 0. The molecule has 0 amide bonds. The lowest BCUT2D eigenvalue weighted by Crippen LogP contribution is -2.45. The maximum Gasteiger partial charge on any atom is 0.250 e. The first-order chi connectivity index (χ1) is 8.16. The maximum absolute atomic E-state index is 11.6. The Morgan fingerprint density at radius 3 is 3.06 bits per heavy atom. The molecule has 1 unspecified atom stereocenters. The summed E-state index contributed by atoms with van der Waals surface area (Å²) in [5.74, 6) is 0. The molecular weight excluding hydrogens is 218 g/mol. The zero-order chi connectivity index (χ0) is 12.3. The molecular formula is C12H19N3O2. The van der Waals surface area contributed by atoms with Crippen LogP contribution < -0.4 is 11.3 Å². The number of hydrogen-bond acceptors (Lipinski definition) is 4. The lowest BCUT2D eigenvalue weighted by Gasteiger charge is -2.33. The zero-order valence-electron chi connectivity index (χ0n) is 10.1. The zero-order valence-corrected chi connectivity index (χ0v) is 10.1. The van der Waals surface area contributed by atoms with Crippen LogP contribution in [0.25, 0.3) is 0 Å². The quantitative estimate of drug-likeness (QED) is 0.813. The number of pyridine rings is 1. The normalized spacial score (nSPS) is 21.6. The highest BCUT2D eigenvalue weighted by molar-refractivity contribution is 5.33. The van der Waals surface area contributed by atoms with E-state index in [2.05, 4.69) is 11.8 Å². The first-order valence-corrected chi connectivity index (χ1v) is 5.94. The number of nitrogen functional groups attached to an aromatic ring is 1. The summed E-state index contributed by atoms with van der Waals surface area (Å²) < 4.78 is 7.04. The summed E-state index contributed by atoms with van der Waals surface area (Å²) in [6, 6.07) is 3.56. The van der Waals surface area contributed by atoms with Crippen molar-refractivity contribution in [3.05, 3.63) is 28.7 Å². The second-order valence-electron chi connectivity index (χ2n) is 4.45. The van der Waals surface area contributed by atoms with Crippen LogP contribution in [-0.4, -0.2) is 41.8 Å². The van der Waals surface area contributed by atoms with Crippen molar-refractivity contribution in [2.24, 2.45) is 0 Å². The van der Waals surface area contributed by atoms with Crippen LogP contribution in [0.2, 0.25) is 0 Å². The summed E-state index contributed by atoms with van der Waals surface area (Å²) in [6.45, 7) is 6.14. The van der Waals surface area contributed by atoms with Crippen molar-refractivity contribution >= 4 is 5.69 Å². The van der Waals surface area contributed by atoms with Gasteiger partial charge in [-0.2, -0.15) is 0 Å². The summed E-state index contributed by atoms with van der Waals surface area (Å²) in [5, 5.41) is 0. The molecule has 2 N–H and O–H groups in total. The number of morpholine rings is 1. The Bertz CT molecular complexity index is 430. The first kappa shape index (κ1) is 12.1. The van der Waals surface area contributed by atoms with Gasteiger partial charge in [-0.25, -0.2) is 0 Å². The summed E-state index contributed by atoms with van der Waals surface area (Å²) in [4.78, 5) is 13.9. The molecule has 0 bridgehead atoms. The van der Waals surface area contributed by atoms with Gasteiger partial charge in [-0.15, -0.1) is 0 Å². The van der Waals surface area contributed by atoms with E-state index in [0.29, 0.717) is 18.3 Å². The molecule has 2 heterocycles. The maximum atomic E-state index is 11.6. The molecule has 0 aliphatic carbocycles. The standard InChI is InChI=1S/C12H19N3O2/c1-10-9-17-7-6-14(10)4-5-15-8-11(13)2-3-12(15)16/h2-3,8,10H,4-7,9,13H2,1H3. The van der Waals surface area contributed by atoms with E-state index < -0.39 is 0 Å². The van der Waals surface area contributed by atoms with Crippen molar-refractivity contribution in [2.75, 3.05) is 32.0 Å². The second-order valence-corrected chi connectivity index (χ2v) is 4.45. The average molecular weight is 237 g/mol. The molecule has 1 aromatic rings. The van der Waals surface area contributed by atoms with E-state index in [4.69, 9.17) is 10.5 Å². The van der Waals surface area contributed by atoms with Gasteiger partial charge in [-0.05, 0) is 13.0 Å². The Kier molecular flexibility index (Phi) is 3.81.